The number of rotatable bonds is 2. The third kappa shape index (κ3) is 2.96. The molecule has 0 unspecified atom stereocenters. The molecule has 4 nitrogen and oxygen atoms in total. The van der Waals surface area contributed by atoms with Crippen LogP contribution in [0.15, 0.2) is 23.4 Å². The average molecular weight is 372 g/mol. The van der Waals surface area contributed by atoms with Crippen LogP contribution < -0.4 is 5.32 Å². The van der Waals surface area contributed by atoms with Crippen LogP contribution in [0.2, 0.25) is 0 Å². The van der Waals surface area contributed by atoms with Gasteiger partial charge in [0.15, 0.2) is 0 Å². The van der Waals surface area contributed by atoms with Crippen LogP contribution in [0.1, 0.15) is 72.6 Å². The van der Waals surface area contributed by atoms with E-state index in [0.717, 1.165) is 37.8 Å². The minimum Gasteiger partial charge on any atom is -0.462 e. The van der Waals surface area contributed by atoms with Crippen molar-refractivity contribution in [3.63, 3.8) is 0 Å². The van der Waals surface area contributed by atoms with Crippen LogP contribution in [0.4, 0.5) is 0 Å². The maximum atomic E-state index is 11.6. The van der Waals surface area contributed by atoms with E-state index in [1.165, 1.54) is 18.4 Å². The Labute approximate surface area is 162 Å². The summed E-state index contributed by atoms with van der Waals surface area (Å²) >= 11 is 0. The minimum absolute atomic E-state index is 0.0232. The first-order valence-electron chi connectivity index (χ1n) is 10.6. The highest BCUT2D eigenvalue weighted by molar-refractivity contribution is 5.75. The molecule has 0 radical (unpaired) electrons. The van der Waals surface area contributed by atoms with E-state index in [1.807, 2.05) is 0 Å². The minimum atomic E-state index is -0.135. The molecule has 4 aliphatic carbocycles. The van der Waals surface area contributed by atoms with Crippen molar-refractivity contribution in [2.45, 2.75) is 78.7 Å². The number of carbonyl (C=O) groups excluding carboxylic acids is 2. The molecule has 1 N–H and O–H groups in total. The van der Waals surface area contributed by atoms with Crippen LogP contribution in [0.3, 0.4) is 0 Å². The number of nitrogens with one attached hydrogen (secondary N) is 1. The third-order valence-electron chi connectivity index (χ3n) is 8.33. The van der Waals surface area contributed by atoms with Gasteiger partial charge in [-0.3, -0.25) is 9.59 Å². The molecule has 27 heavy (non-hydrogen) atoms. The Bertz CT molecular complexity index is 723. The van der Waals surface area contributed by atoms with Crippen LogP contribution >= 0.6 is 0 Å². The standard InChI is InChI=1S/C23H33NO3/c1-14(25)24-17-9-11-22(3)16(13-17)5-6-18-19-7-8-21(27-15(2)26)23(19,4)12-10-20(18)22/h5,13,18-21H,6-12H2,1-4H3,(H,24,25)/t18-,19-,20-,21-,22-,23-/m0/s1. The molecule has 4 heteroatoms. The summed E-state index contributed by atoms with van der Waals surface area (Å²) in [4.78, 5) is 23.0. The van der Waals surface area contributed by atoms with Crippen molar-refractivity contribution >= 4 is 11.9 Å². The van der Waals surface area contributed by atoms with Crippen LogP contribution in [-0.2, 0) is 14.3 Å². The van der Waals surface area contributed by atoms with Crippen molar-refractivity contribution in [2.75, 3.05) is 0 Å². The summed E-state index contributed by atoms with van der Waals surface area (Å²) in [7, 11) is 0. The largest absolute Gasteiger partial charge is 0.462 e. The van der Waals surface area contributed by atoms with Gasteiger partial charge < -0.3 is 10.1 Å². The first kappa shape index (κ1) is 18.8. The summed E-state index contributed by atoms with van der Waals surface area (Å²) in [6.07, 6.45) is 12.5. The summed E-state index contributed by atoms with van der Waals surface area (Å²) in [5.74, 6) is 1.92. The fourth-order valence-corrected chi connectivity index (χ4v) is 7.00. The number of hydrogen-bond donors (Lipinski definition) is 1. The van der Waals surface area contributed by atoms with Crippen molar-refractivity contribution in [2.24, 2.45) is 28.6 Å². The van der Waals surface area contributed by atoms with Crippen LogP contribution in [0.5, 0.6) is 0 Å². The highest BCUT2D eigenvalue weighted by Crippen LogP contribution is 2.64. The molecule has 4 rings (SSSR count). The van der Waals surface area contributed by atoms with Gasteiger partial charge >= 0.3 is 5.97 Å². The molecule has 148 valence electrons. The molecule has 0 aromatic heterocycles. The topological polar surface area (TPSA) is 55.4 Å². The van der Waals surface area contributed by atoms with Crippen molar-refractivity contribution in [1.82, 2.24) is 5.32 Å². The number of hydrogen-bond acceptors (Lipinski definition) is 3. The van der Waals surface area contributed by atoms with E-state index < -0.39 is 0 Å². The van der Waals surface area contributed by atoms with Gasteiger partial charge in [-0.25, -0.2) is 0 Å². The summed E-state index contributed by atoms with van der Waals surface area (Å²) in [6.45, 7) is 7.94. The first-order valence-corrected chi connectivity index (χ1v) is 10.6. The molecule has 4 aliphatic rings. The summed E-state index contributed by atoms with van der Waals surface area (Å²) in [5.41, 5.74) is 2.85. The van der Waals surface area contributed by atoms with E-state index in [2.05, 4.69) is 31.3 Å². The maximum Gasteiger partial charge on any atom is 0.302 e. The lowest BCUT2D eigenvalue weighted by molar-refractivity contribution is -0.156. The fourth-order valence-electron chi connectivity index (χ4n) is 7.00. The number of carbonyl (C=O) groups is 2. The zero-order valence-corrected chi connectivity index (χ0v) is 17.1. The number of allylic oxidation sites excluding steroid dienone is 4. The van der Waals surface area contributed by atoms with Crippen molar-refractivity contribution in [3.05, 3.63) is 23.4 Å². The predicted molar refractivity (Wildman–Crippen MR) is 105 cm³/mol. The van der Waals surface area contributed by atoms with Crippen molar-refractivity contribution < 1.29 is 14.3 Å². The number of ether oxygens (including phenoxy) is 1. The third-order valence-corrected chi connectivity index (χ3v) is 8.33. The van der Waals surface area contributed by atoms with Crippen LogP contribution in [0, 0.1) is 28.6 Å². The lowest BCUT2D eigenvalue weighted by atomic mass is 9.48. The van der Waals surface area contributed by atoms with Gasteiger partial charge in [0.1, 0.15) is 6.10 Å². The summed E-state index contributed by atoms with van der Waals surface area (Å²) < 4.78 is 5.74. The maximum absolute atomic E-state index is 11.6. The van der Waals surface area contributed by atoms with Gasteiger partial charge in [0, 0.05) is 25.0 Å². The second-order valence-corrected chi connectivity index (χ2v) is 9.76. The molecule has 0 bridgehead atoms. The van der Waals surface area contributed by atoms with E-state index in [4.69, 9.17) is 4.74 Å². The predicted octanol–water partition coefficient (Wildman–Crippen LogP) is 4.51. The van der Waals surface area contributed by atoms with E-state index in [-0.39, 0.29) is 28.8 Å². The molecule has 0 spiro atoms. The normalized spacial score (nSPS) is 42.8. The molecular weight excluding hydrogens is 338 g/mol. The summed E-state index contributed by atoms with van der Waals surface area (Å²) in [5, 5.41) is 3.00. The Morgan fingerprint density at radius 1 is 1.11 bits per heavy atom. The highest BCUT2D eigenvalue weighted by atomic mass is 16.5. The Hall–Kier alpha value is -1.58. The number of amides is 1. The Kier molecular flexibility index (Phi) is 4.51. The van der Waals surface area contributed by atoms with Crippen molar-refractivity contribution in [1.29, 1.82) is 0 Å². The van der Waals surface area contributed by atoms with Crippen LogP contribution in [-0.4, -0.2) is 18.0 Å². The van der Waals surface area contributed by atoms with Gasteiger partial charge in [0.2, 0.25) is 5.91 Å². The monoisotopic (exact) mass is 371 g/mol. The molecule has 2 saturated carbocycles. The van der Waals surface area contributed by atoms with E-state index in [0.29, 0.717) is 17.8 Å². The fraction of sp³-hybridized carbons (Fsp3) is 0.739. The second kappa shape index (κ2) is 6.49. The van der Waals surface area contributed by atoms with Gasteiger partial charge in [0.05, 0.1) is 0 Å². The Balaban J connectivity index is 1.60. The van der Waals surface area contributed by atoms with Gasteiger partial charge in [0.25, 0.3) is 0 Å². The smallest absolute Gasteiger partial charge is 0.302 e. The second-order valence-electron chi connectivity index (χ2n) is 9.76. The highest BCUT2D eigenvalue weighted by Gasteiger charge is 2.59. The van der Waals surface area contributed by atoms with Gasteiger partial charge in [-0.2, -0.15) is 0 Å². The molecule has 0 aromatic carbocycles. The zero-order chi connectivity index (χ0) is 19.4. The lowest BCUT2D eigenvalue weighted by Gasteiger charge is -2.56. The van der Waals surface area contributed by atoms with E-state index >= 15 is 0 Å². The molecule has 1 amide bonds. The summed E-state index contributed by atoms with van der Waals surface area (Å²) in [6, 6.07) is 0. The van der Waals surface area contributed by atoms with Gasteiger partial charge in [-0.05, 0) is 79.8 Å². The molecule has 0 aromatic rings. The zero-order valence-electron chi connectivity index (χ0n) is 17.1. The average Bonchev–Trinajstić information content (AvgIpc) is 2.91. The van der Waals surface area contributed by atoms with Crippen LogP contribution in [0.25, 0.3) is 0 Å². The van der Waals surface area contributed by atoms with E-state index in [1.54, 1.807) is 13.8 Å². The Morgan fingerprint density at radius 3 is 2.59 bits per heavy atom. The molecule has 2 fully saturated rings. The molecule has 0 aliphatic heterocycles. The molecular formula is C23H33NO3. The number of esters is 1. The quantitative estimate of drug-likeness (QED) is 0.727. The van der Waals surface area contributed by atoms with E-state index in [9.17, 15) is 9.59 Å². The molecule has 6 atom stereocenters. The van der Waals surface area contributed by atoms with Crippen molar-refractivity contribution in [3.8, 4) is 0 Å². The number of fused-ring (bicyclic) bond motifs is 5. The Morgan fingerprint density at radius 2 is 1.89 bits per heavy atom. The first-order chi connectivity index (χ1) is 12.7. The SMILES string of the molecule is CC(=O)NC1=CC2=CC[C@H]3[C@@H]4CC[C@H](OC(C)=O)[C@@]4(C)CC[C@@H]3[C@@]2(C)CC1. The lowest BCUT2D eigenvalue weighted by Crippen LogP contribution is -2.50. The van der Waals surface area contributed by atoms with Gasteiger partial charge in [-0.15, -0.1) is 0 Å². The molecule has 0 heterocycles. The molecule has 0 saturated heterocycles. The van der Waals surface area contributed by atoms with Gasteiger partial charge in [-0.1, -0.05) is 19.9 Å².